The highest BCUT2D eigenvalue weighted by Gasteiger charge is 2.14. The molecule has 2 rings (SSSR count). The van der Waals surface area contributed by atoms with E-state index < -0.39 is 10.0 Å². The fourth-order valence-electron chi connectivity index (χ4n) is 2.25. The summed E-state index contributed by atoms with van der Waals surface area (Å²) in [6, 6.07) is 13.0. The van der Waals surface area contributed by atoms with E-state index in [9.17, 15) is 13.2 Å². The Morgan fingerprint density at radius 3 is 2.26 bits per heavy atom. The number of carbonyl (C=O) groups excluding carboxylic acids is 1. The van der Waals surface area contributed by atoms with E-state index in [1.807, 2.05) is 19.1 Å². The van der Waals surface area contributed by atoms with Gasteiger partial charge in [0.05, 0.1) is 4.90 Å². The van der Waals surface area contributed by atoms with Gasteiger partial charge in [0.2, 0.25) is 0 Å². The summed E-state index contributed by atoms with van der Waals surface area (Å²) in [4.78, 5) is 11.8. The Labute approximate surface area is 161 Å². The van der Waals surface area contributed by atoms with Crippen molar-refractivity contribution < 1.29 is 17.9 Å². The van der Waals surface area contributed by atoms with Crippen LogP contribution in [-0.4, -0.2) is 27.5 Å². The second-order valence-electron chi connectivity index (χ2n) is 6.76. The van der Waals surface area contributed by atoms with Crippen molar-refractivity contribution in [3.8, 4) is 5.75 Å². The minimum Gasteiger partial charge on any atom is -0.484 e. The first kappa shape index (κ1) is 20.8. The molecule has 0 bridgehead atoms. The maximum atomic E-state index is 12.4. The van der Waals surface area contributed by atoms with Gasteiger partial charge in [0.25, 0.3) is 15.9 Å². The molecule has 0 heterocycles. The number of hydrogen-bond acceptors (Lipinski definition) is 4. The van der Waals surface area contributed by atoms with E-state index in [2.05, 4.69) is 23.9 Å². The summed E-state index contributed by atoms with van der Waals surface area (Å²) >= 11 is 0. The number of carbonyl (C=O) groups is 1. The molecule has 0 aromatic heterocycles. The van der Waals surface area contributed by atoms with Crippen LogP contribution in [0.15, 0.2) is 53.4 Å². The summed E-state index contributed by atoms with van der Waals surface area (Å²) in [7, 11) is -3.68. The molecule has 6 nitrogen and oxygen atoms in total. The predicted octanol–water partition coefficient (Wildman–Crippen LogP) is 3.34. The normalized spacial score (nSPS) is 11.3. The standard InChI is InChI=1S/C20H26N2O4S/c1-15(2)12-13-21-20(23)14-26-18-8-10-19(11-9-18)27(24,25)22-17-6-4-16(3)5-7-17/h4-11,15,22H,12-14H2,1-3H3,(H,21,23). The van der Waals surface area contributed by atoms with Crippen molar-refractivity contribution in [3.63, 3.8) is 0 Å². The minimum atomic E-state index is -3.68. The lowest BCUT2D eigenvalue weighted by molar-refractivity contribution is -0.123. The summed E-state index contributed by atoms with van der Waals surface area (Å²) in [5.41, 5.74) is 1.55. The fourth-order valence-corrected chi connectivity index (χ4v) is 3.31. The lowest BCUT2D eigenvalue weighted by atomic mass is 10.1. The van der Waals surface area contributed by atoms with E-state index in [1.165, 1.54) is 24.3 Å². The monoisotopic (exact) mass is 390 g/mol. The third kappa shape index (κ3) is 6.94. The van der Waals surface area contributed by atoms with Gasteiger partial charge in [-0.25, -0.2) is 8.42 Å². The van der Waals surface area contributed by atoms with Gasteiger partial charge in [0.1, 0.15) is 5.75 Å². The molecule has 0 fully saturated rings. The first-order valence-corrected chi connectivity index (χ1v) is 10.3. The molecule has 0 saturated carbocycles. The fraction of sp³-hybridized carbons (Fsp3) is 0.350. The molecule has 0 aliphatic carbocycles. The number of sulfonamides is 1. The van der Waals surface area contributed by atoms with E-state index in [1.54, 1.807) is 12.1 Å². The van der Waals surface area contributed by atoms with Crippen LogP contribution in [0.5, 0.6) is 5.75 Å². The highest BCUT2D eigenvalue weighted by molar-refractivity contribution is 7.92. The van der Waals surface area contributed by atoms with Gasteiger partial charge in [-0.3, -0.25) is 9.52 Å². The highest BCUT2D eigenvalue weighted by atomic mass is 32.2. The number of aryl methyl sites for hydroxylation is 1. The topological polar surface area (TPSA) is 84.5 Å². The summed E-state index contributed by atoms with van der Waals surface area (Å²) in [5.74, 6) is 0.755. The molecule has 0 aliphatic rings. The number of rotatable bonds is 9. The molecule has 0 aliphatic heterocycles. The van der Waals surface area contributed by atoms with Crippen LogP contribution in [0.2, 0.25) is 0 Å². The summed E-state index contributed by atoms with van der Waals surface area (Å²) in [5, 5.41) is 2.78. The molecule has 2 aromatic rings. The molecule has 0 spiro atoms. The number of benzene rings is 2. The highest BCUT2D eigenvalue weighted by Crippen LogP contribution is 2.19. The maximum Gasteiger partial charge on any atom is 0.261 e. The number of nitrogens with one attached hydrogen (secondary N) is 2. The third-order valence-electron chi connectivity index (χ3n) is 3.85. The molecule has 7 heteroatoms. The Hall–Kier alpha value is -2.54. The van der Waals surface area contributed by atoms with Crippen LogP contribution in [0.25, 0.3) is 0 Å². The molecular weight excluding hydrogens is 364 g/mol. The number of amides is 1. The average molecular weight is 391 g/mol. The van der Waals surface area contributed by atoms with Gasteiger partial charge in [-0.15, -0.1) is 0 Å². The first-order valence-electron chi connectivity index (χ1n) is 8.85. The van der Waals surface area contributed by atoms with Crippen LogP contribution in [-0.2, 0) is 14.8 Å². The Balaban J connectivity index is 1.90. The van der Waals surface area contributed by atoms with Crippen LogP contribution in [0.1, 0.15) is 25.8 Å². The zero-order valence-corrected chi connectivity index (χ0v) is 16.7. The SMILES string of the molecule is Cc1ccc(NS(=O)(=O)c2ccc(OCC(=O)NCCC(C)C)cc2)cc1. The van der Waals surface area contributed by atoms with Gasteiger partial charge in [0, 0.05) is 12.2 Å². The second kappa shape index (κ2) is 9.41. The van der Waals surface area contributed by atoms with Crippen molar-refractivity contribution in [1.82, 2.24) is 5.32 Å². The molecule has 1 amide bonds. The zero-order chi connectivity index (χ0) is 19.9. The Morgan fingerprint density at radius 1 is 1.04 bits per heavy atom. The quantitative estimate of drug-likeness (QED) is 0.688. The molecular formula is C20H26N2O4S. The van der Waals surface area contributed by atoms with Crippen molar-refractivity contribution in [2.45, 2.75) is 32.1 Å². The van der Waals surface area contributed by atoms with E-state index in [4.69, 9.17) is 4.74 Å². The van der Waals surface area contributed by atoms with Gasteiger partial charge in [-0.2, -0.15) is 0 Å². The van der Waals surface area contributed by atoms with Crippen molar-refractivity contribution in [3.05, 3.63) is 54.1 Å². The van der Waals surface area contributed by atoms with Gasteiger partial charge in [-0.1, -0.05) is 31.5 Å². The van der Waals surface area contributed by atoms with Crippen LogP contribution < -0.4 is 14.8 Å². The summed E-state index contributed by atoms with van der Waals surface area (Å²) in [6.45, 7) is 6.62. The van der Waals surface area contributed by atoms with Gasteiger partial charge in [-0.05, 0) is 55.7 Å². The molecule has 0 saturated heterocycles. The Morgan fingerprint density at radius 2 is 1.67 bits per heavy atom. The minimum absolute atomic E-state index is 0.105. The van der Waals surface area contributed by atoms with E-state index >= 15 is 0 Å². The maximum absolute atomic E-state index is 12.4. The average Bonchev–Trinajstić information content (AvgIpc) is 2.62. The van der Waals surface area contributed by atoms with Gasteiger partial charge in [0.15, 0.2) is 6.61 Å². The predicted molar refractivity (Wildman–Crippen MR) is 106 cm³/mol. The molecule has 27 heavy (non-hydrogen) atoms. The second-order valence-corrected chi connectivity index (χ2v) is 8.45. The smallest absolute Gasteiger partial charge is 0.261 e. The molecule has 2 N–H and O–H groups in total. The number of ether oxygens (including phenoxy) is 1. The number of hydrogen-bond donors (Lipinski definition) is 2. The molecule has 0 radical (unpaired) electrons. The summed E-state index contributed by atoms with van der Waals surface area (Å²) in [6.07, 6.45) is 0.909. The van der Waals surface area contributed by atoms with Gasteiger partial charge < -0.3 is 10.1 Å². The van der Waals surface area contributed by atoms with Crippen molar-refractivity contribution >= 4 is 21.6 Å². The van der Waals surface area contributed by atoms with Gasteiger partial charge >= 0.3 is 0 Å². The number of anilines is 1. The zero-order valence-electron chi connectivity index (χ0n) is 15.9. The lowest BCUT2D eigenvalue weighted by Gasteiger charge is -2.10. The molecule has 2 aromatic carbocycles. The van der Waals surface area contributed by atoms with E-state index in [0.717, 1.165) is 12.0 Å². The Bertz CT molecular complexity index is 845. The largest absolute Gasteiger partial charge is 0.484 e. The van der Waals surface area contributed by atoms with Crippen molar-refractivity contribution in [2.24, 2.45) is 5.92 Å². The van der Waals surface area contributed by atoms with E-state index in [-0.39, 0.29) is 17.4 Å². The molecule has 0 unspecified atom stereocenters. The molecule has 0 atom stereocenters. The van der Waals surface area contributed by atoms with Crippen LogP contribution >= 0.6 is 0 Å². The first-order chi connectivity index (χ1) is 12.8. The van der Waals surface area contributed by atoms with Crippen molar-refractivity contribution in [1.29, 1.82) is 0 Å². The third-order valence-corrected chi connectivity index (χ3v) is 5.25. The Kier molecular flexibility index (Phi) is 7.24. The summed E-state index contributed by atoms with van der Waals surface area (Å²) < 4.78 is 32.8. The molecule has 146 valence electrons. The van der Waals surface area contributed by atoms with E-state index in [0.29, 0.717) is 23.9 Å². The van der Waals surface area contributed by atoms with Crippen LogP contribution in [0, 0.1) is 12.8 Å². The van der Waals surface area contributed by atoms with Crippen LogP contribution in [0.4, 0.5) is 5.69 Å². The lowest BCUT2D eigenvalue weighted by Crippen LogP contribution is -2.30. The van der Waals surface area contributed by atoms with Crippen molar-refractivity contribution in [2.75, 3.05) is 17.9 Å². The van der Waals surface area contributed by atoms with Crippen LogP contribution in [0.3, 0.4) is 0 Å².